The van der Waals surface area contributed by atoms with Gasteiger partial charge in [-0.1, -0.05) is 30.3 Å². The van der Waals surface area contributed by atoms with Crippen molar-refractivity contribution >= 4 is 11.7 Å². The Hall–Kier alpha value is -4.20. The quantitative estimate of drug-likeness (QED) is 0.437. The van der Waals surface area contributed by atoms with Gasteiger partial charge < -0.3 is 14.8 Å². The van der Waals surface area contributed by atoms with E-state index in [1.54, 1.807) is 19.4 Å². The minimum absolute atomic E-state index is 0.0547. The molecule has 0 fully saturated rings. The van der Waals surface area contributed by atoms with Crippen LogP contribution in [0, 0.1) is 0 Å². The van der Waals surface area contributed by atoms with Crippen LogP contribution in [0.15, 0.2) is 66.9 Å². The molecule has 0 aliphatic heterocycles. The number of nitrogens with one attached hydrogen (secondary N) is 2. The van der Waals surface area contributed by atoms with Crippen molar-refractivity contribution in [2.24, 2.45) is 0 Å². The molecule has 4 rings (SSSR count). The van der Waals surface area contributed by atoms with E-state index in [1.165, 1.54) is 0 Å². The molecule has 0 bridgehead atoms. The molecule has 32 heavy (non-hydrogen) atoms. The van der Waals surface area contributed by atoms with Crippen molar-refractivity contribution in [1.82, 2.24) is 20.2 Å². The number of hydrogen-bond acceptors (Lipinski definition) is 6. The minimum atomic E-state index is -0.444. The van der Waals surface area contributed by atoms with Gasteiger partial charge >= 0.3 is 0 Å². The Morgan fingerprint density at radius 2 is 1.94 bits per heavy atom. The number of rotatable bonds is 8. The first-order chi connectivity index (χ1) is 15.7. The van der Waals surface area contributed by atoms with Gasteiger partial charge in [0, 0.05) is 18.2 Å². The monoisotopic (exact) mass is 429 g/mol. The Morgan fingerprint density at radius 1 is 1.09 bits per heavy atom. The molecule has 162 valence electrons. The lowest BCUT2D eigenvalue weighted by atomic mass is 10.1. The van der Waals surface area contributed by atoms with Crippen molar-refractivity contribution in [3.05, 3.63) is 84.1 Å². The van der Waals surface area contributed by atoms with E-state index >= 15 is 0 Å². The second-order valence-electron chi connectivity index (χ2n) is 6.95. The highest BCUT2D eigenvalue weighted by molar-refractivity contribution is 6.01. The summed E-state index contributed by atoms with van der Waals surface area (Å²) < 4.78 is 11.1. The van der Waals surface area contributed by atoms with E-state index in [-0.39, 0.29) is 5.82 Å². The summed E-state index contributed by atoms with van der Waals surface area (Å²) in [5, 5.41) is 9.61. The molecule has 0 saturated heterocycles. The number of amides is 1. The largest absolute Gasteiger partial charge is 0.496 e. The number of ether oxygens (including phenoxy) is 2. The Kier molecular flexibility index (Phi) is 6.41. The summed E-state index contributed by atoms with van der Waals surface area (Å²) in [6.07, 6.45) is 2.18. The van der Waals surface area contributed by atoms with E-state index in [2.05, 4.69) is 25.5 Å². The minimum Gasteiger partial charge on any atom is -0.496 e. The standard InChI is InChI=1S/C24H23N5O3/c1-3-32-18-9-10-20(31-2)19(15-18)17-11-12-25-21(14-17)27-24(30)23-26-22(28-29-23)13-16-7-5-4-6-8-16/h4-12,14-15H,3,13H2,1-2H3,(H,25,27,30)(H,26,28,29). The maximum absolute atomic E-state index is 12.6. The summed E-state index contributed by atoms with van der Waals surface area (Å²) in [5.74, 6) is 2.03. The molecule has 1 amide bonds. The molecular weight excluding hydrogens is 406 g/mol. The summed E-state index contributed by atoms with van der Waals surface area (Å²) in [6.45, 7) is 2.49. The van der Waals surface area contributed by atoms with E-state index in [0.29, 0.717) is 30.4 Å². The van der Waals surface area contributed by atoms with Gasteiger partial charge in [-0.2, -0.15) is 0 Å². The molecule has 2 N–H and O–H groups in total. The zero-order valence-corrected chi connectivity index (χ0v) is 17.8. The van der Waals surface area contributed by atoms with Gasteiger partial charge in [0.05, 0.1) is 13.7 Å². The number of aromatic nitrogens is 4. The van der Waals surface area contributed by atoms with Crippen molar-refractivity contribution in [2.75, 3.05) is 19.0 Å². The smallest absolute Gasteiger partial charge is 0.296 e. The van der Waals surface area contributed by atoms with Crippen LogP contribution in [-0.2, 0) is 6.42 Å². The second kappa shape index (κ2) is 9.74. The van der Waals surface area contributed by atoms with Crippen molar-refractivity contribution in [1.29, 1.82) is 0 Å². The number of anilines is 1. The third-order valence-electron chi connectivity index (χ3n) is 4.74. The molecule has 0 radical (unpaired) electrons. The Morgan fingerprint density at radius 3 is 2.72 bits per heavy atom. The summed E-state index contributed by atoms with van der Waals surface area (Å²) in [5.41, 5.74) is 2.74. The lowest BCUT2D eigenvalue weighted by Gasteiger charge is -2.12. The topological polar surface area (TPSA) is 102 Å². The van der Waals surface area contributed by atoms with Gasteiger partial charge in [0.25, 0.3) is 5.91 Å². The maximum atomic E-state index is 12.6. The average molecular weight is 429 g/mol. The van der Waals surface area contributed by atoms with Crippen LogP contribution >= 0.6 is 0 Å². The van der Waals surface area contributed by atoms with Crippen LogP contribution in [0.5, 0.6) is 11.5 Å². The van der Waals surface area contributed by atoms with Crippen molar-refractivity contribution in [2.45, 2.75) is 13.3 Å². The summed E-state index contributed by atoms with van der Waals surface area (Å²) >= 11 is 0. The van der Waals surface area contributed by atoms with Crippen LogP contribution in [0.3, 0.4) is 0 Å². The molecular formula is C24H23N5O3. The number of aromatic amines is 1. The lowest BCUT2D eigenvalue weighted by molar-refractivity contribution is 0.101. The average Bonchev–Trinajstić information content (AvgIpc) is 3.29. The first kappa shape index (κ1) is 21.0. The molecule has 0 aliphatic rings. The third kappa shape index (κ3) is 4.92. The Balaban J connectivity index is 1.51. The van der Waals surface area contributed by atoms with Crippen LogP contribution in [0.2, 0.25) is 0 Å². The van der Waals surface area contributed by atoms with Crippen molar-refractivity contribution < 1.29 is 14.3 Å². The molecule has 8 nitrogen and oxygen atoms in total. The fraction of sp³-hybridized carbons (Fsp3) is 0.167. The number of nitrogens with zero attached hydrogens (tertiary/aromatic N) is 3. The van der Waals surface area contributed by atoms with E-state index in [9.17, 15) is 4.79 Å². The Labute approximate surface area is 185 Å². The van der Waals surface area contributed by atoms with Crippen LogP contribution in [0.4, 0.5) is 5.82 Å². The van der Waals surface area contributed by atoms with E-state index in [4.69, 9.17) is 9.47 Å². The van der Waals surface area contributed by atoms with Gasteiger partial charge in [-0.3, -0.25) is 9.89 Å². The van der Waals surface area contributed by atoms with Crippen LogP contribution in [-0.4, -0.2) is 39.8 Å². The summed E-state index contributed by atoms with van der Waals surface area (Å²) in [7, 11) is 1.61. The number of methoxy groups -OCH3 is 1. The van der Waals surface area contributed by atoms with Gasteiger partial charge in [0.1, 0.15) is 23.1 Å². The number of carbonyl (C=O) groups is 1. The van der Waals surface area contributed by atoms with E-state index < -0.39 is 5.91 Å². The van der Waals surface area contributed by atoms with Gasteiger partial charge in [-0.25, -0.2) is 9.97 Å². The zero-order valence-electron chi connectivity index (χ0n) is 17.8. The number of pyridine rings is 1. The van der Waals surface area contributed by atoms with Gasteiger partial charge in [-0.15, -0.1) is 5.10 Å². The summed E-state index contributed by atoms with van der Waals surface area (Å²) in [4.78, 5) is 21.2. The molecule has 0 unspecified atom stereocenters. The van der Waals surface area contributed by atoms with Gasteiger partial charge in [0.2, 0.25) is 5.82 Å². The molecule has 2 aromatic carbocycles. The van der Waals surface area contributed by atoms with Gasteiger partial charge in [0.15, 0.2) is 0 Å². The van der Waals surface area contributed by atoms with Gasteiger partial charge in [-0.05, 0) is 48.4 Å². The molecule has 0 aliphatic carbocycles. The molecule has 8 heteroatoms. The normalized spacial score (nSPS) is 10.6. The highest BCUT2D eigenvalue weighted by Gasteiger charge is 2.15. The van der Waals surface area contributed by atoms with Crippen LogP contribution < -0.4 is 14.8 Å². The summed E-state index contributed by atoms with van der Waals surface area (Å²) in [6, 6.07) is 19.1. The number of carbonyl (C=O) groups excluding carboxylic acids is 1. The van der Waals surface area contributed by atoms with E-state index in [0.717, 1.165) is 22.4 Å². The van der Waals surface area contributed by atoms with Crippen LogP contribution in [0.25, 0.3) is 11.1 Å². The number of benzene rings is 2. The number of H-pyrrole nitrogens is 1. The third-order valence-corrected chi connectivity index (χ3v) is 4.74. The predicted octanol–water partition coefficient (Wildman–Crippen LogP) is 4.12. The van der Waals surface area contributed by atoms with Crippen molar-refractivity contribution in [3.63, 3.8) is 0 Å². The first-order valence-corrected chi connectivity index (χ1v) is 10.2. The zero-order chi connectivity index (χ0) is 22.3. The second-order valence-corrected chi connectivity index (χ2v) is 6.95. The Bertz CT molecular complexity index is 1210. The lowest BCUT2D eigenvalue weighted by Crippen LogP contribution is -2.14. The molecule has 4 aromatic rings. The van der Waals surface area contributed by atoms with Crippen molar-refractivity contribution in [3.8, 4) is 22.6 Å². The first-order valence-electron chi connectivity index (χ1n) is 10.2. The molecule has 2 heterocycles. The highest BCUT2D eigenvalue weighted by Crippen LogP contribution is 2.34. The highest BCUT2D eigenvalue weighted by atomic mass is 16.5. The molecule has 0 saturated carbocycles. The molecule has 0 spiro atoms. The predicted molar refractivity (Wildman–Crippen MR) is 121 cm³/mol. The maximum Gasteiger partial charge on any atom is 0.296 e. The number of hydrogen-bond donors (Lipinski definition) is 2. The molecule has 2 aromatic heterocycles. The van der Waals surface area contributed by atoms with E-state index in [1.807, 2.05) is 61.5 Å². The van der Waals surface area contributed by atoms with Crippen LogP contribution in [0.1, 0.15) is 28.9 Å². The molecule has 0 atom stereocenters. The fourth-order valence-electron chi connectivity index (χ4n) is 3.27. The SMILES string of the molecule is CCOc1ccc(OC)c(-c2ccnc(NC(=O)c3n[nH]c(Cc4ccccc4)n3)c2)c1. The fourth-order valence-corrected chi connectivity index (χ4v) is 3.27.